The number of hydrogen-bond acceptors (Lipinski definition) is 3. The minimum atomic E-state index is -0.442. The molecule has 0 N–H and O–H groups in total. The quantitative estimate of drug-likeness (QED) is 0.821. The summed E-state index contributed by atoms with van der Waals surface area (Å²) in [5.41, 5.74) is 1.44. The third-order valence-electron chi connectivity index (χ3n) is 2.65. The Morgan fingerprint density at radius 2 is 1.50 bits per heavy atom. The summed E-state index contributed by atoms with van der Waals surface area (Å²) in [6.07, 6.45) is 3.38. The molecule has 0 unspecified atom stereocenters. The number of likely N-dealkylation sites (N-methyl/N-ethyl adjacent to an activating group) is 1. The Balaban J connectivity index is 2.45. The van der Waals surface area contributed by atoms with E-state index in [0.29, 0.717) is 0 Å². The van der Waals surface area contributed by atoms with Gasteiger partial charge in [-0.3, -0.25) is 14.8 Å². The molecule has 1 amide bonds. The Morgan fingerprint density at radius 3 is 1.83 bits per heavy atom. The van der Waals surface area contributed by atoms with Crippen LogP contribution < -0.4 is 0 Å². The summed E-state index contributed by atoms with van der Waals surface area (Å²) in [5.74, 6) is -0.463. The monoisotopic (exact) mass is 241 g/mol. The maximum absolute atomic E-state index is 12.3. The van der Waals surface area contributed by atoms with E-state index < -0.39 is 5.92 Å². The highest BCUT2D eigenvalue weighted by Crippen LogP contribution is 2.22. The van der Waals surface area contributed by atoms with Crippen molar-refractivity contribution < 1.29 is 4.79 Å². The van der Waals surface area contributed by atoms with Crippen LogP contribution in [0.2, 0.25) is 0 Å². The largest absolute Gasteiger partial charge is 0.348 e. The summed E-state index contributed by atoms with van der Waals surface area (Å²) in [6, 6.07) is 11.1. The minimum absolute atomic E-state index is 0.0209. The van der Waals surface area contributed by atoms with Crippen LogP contribution in [0, 0.1) is 0 Å². The Labute approximate surface area is 106 Å². The predicted octanol–water partition coefficient (Wildman–Crippen LogP) is 1.70. The van der Waals surface area contributed by atoms with Gasteiger partial charge in [-0.05, 0) is 24.3 Å². The number of hydrogen-bond donors (Lipinski definition) is 0. The second kappa shape index (κ2) is 5.40. The first kappa shape index (κ1) is 12.2. The molecule has 0 aliphatic heterocycles. The fraction of sp³-hybridized carbons (Fsp3) is 0.214. The van der Waals surface area contributed by atoms with Gasteiger partial charge in [-0.1, -0.05) is 12.1 Å². The van der Waals surface area contributed by atoms with Crippen LogP contribution in [0.1, 0.15) is 17.3 Å². The van der Waals surface area contributed by atoms with Crippen LogP contribution in [0.15, 0.2) is 48.8 Å². The average molecular weight is 241 g/mol. The van der Waals surface area contributed by atoms with Crippen molar-refractivity contribution in [2.24, 2.45) is 0 Å². The molecular weight excluding hydrogens is 226 g/mol. The molecule has 4 heteroatoms. The summed E-state index contributed by atoms with van der Waals surface area (Å²) in [6.45, 7) is 0. The second-order valence-electron chi connectivity index (χ2n) is 4.17. The summed E-state index contributed by atoms with van der Waals surface area (Å²) in [4.78, 5) is 22.4. The van der Waals surface area contributed by atoms with Gasteiger partial charge in [0.1, 0.15) is 5.92 Å². The van der Waals surface area contributed by atoms with Gasteiger partial charge in [-0.15, -0.1) is 0 Å². The van der Waals surface area contributed by atoms with Crippen molar-refractivity contribution in [2.75, 3.05) is 14.1 Å². The van der Waals surface area contributed by atoms with Crippen molar-refractivity contribution in [1.82, 2.24) is 14.9 Å². The zero-order valence-electron chi connectivity index (χ0n) is 10.4. The maximum Gasteiger partial charge on any atom is 0.237 e. The summed E-state index contributed by atoms with van der Waals surface area (Å²) < 4.78 is 0. The molecule has 0 radical (unpaired) electrons. The van der Waals surface area contributed by atoms with Gasteiger partial charge in [0.15, 0.2) is 0 Å². The molecule has 2 heterocycles. The first-order valence-electron chi connectivity index (χ1n) is 5.73. The van der Waals surface area contributed by atoms with Crippen LogP contribution in [-0.4, -0.2) is 34.9 Å². The third-order valence-corrected chi connectivity index (χ3v) is 2.65. The molecule has 0 bridgehead atoms. The minimum Gasteiger partial charge on any atom is -0.348 e. The fourth-order valence-corrected chi connectivity index (χ4v) is 1.76. The zero-order valence-corrected chi connectivity index (χ0v) is 10.4. The standard InChI is InChI=1S/C14H15N3O/c1-17(2)14(18)13(11-7-3-5-9-15-11)12-8-4-6-10-16-12/h3-10,13H,1-2H3. The number of carbonyl (C=O) groups is 1. The lowest BCUT2D eigenvalue weighted by Gasteiger charge is -2.19. The molecule has 2 aromatic heterocycles. The van der Waals surface area contributed by atoms with Crippen molar-refractivity contribution in [2.45, 2.75) is 5.92 Å². The number of aromatic nitrogens is 2. The fourth-order valence-electron chi connectivity index (χ4n) is 1.76. The number of carbonyl (C=O) groups excluding carboxylic acids is 1. The number of amides is 1. The Hall–Kier alpha value is -2.23. The van der Waals surface area contributed by atoms with E-state index in [1.165, 1.54) is 0 Å². The third kappa shape index (κ3) is 2.53. The molecule has 2 aromatic rings. The average Bonchev–Trinajstić information content (AvgIpc) is 2.41. The van der Waals surface area contributed by atoms with Crippen molar-refractivity contribution in [3.8, 4) is 0 Å². The van der Waals surface area contributed by atoms with Gasteiger partial charge in [0, 0.05) is 26.5 Å². The van der Waals surface area contributed by atoms with Crippen LogP contribution in [0.3, 0.4) is 0 Å². The van der Waals surface area contributed by atoms with Crippen LogP contribution >= 0.6 is 0 Å². The topological polar surface area (TPSA) is 46.1 Å². The van der Waals surface area contributed by atoms with Gasteiger partial charge in [0.25, 0.3) is 0 Å². The molecular formula is C14H15N3O. The van der Waals surface area contributed by atoms with Gasteiger partial charge in [0.2, 0.25) is 5.91 Å². The molecule has 4 nitrogen and oxygen atoms in total. The highest BCUT2D eigenvalue weighted by Gasteiger charge is 2.26. The van der Waals surface area contributed by atoms with E-state index in [1.807, 2.05) is 36.4 Å². The van der Waals surface area contributed by atoms with E-state index in [2.05, 4.69) is 9.97 Å². The van der Waals surface area contributed by atoms with E-state index in [4.69, 9.17) is 0 Å². The van der Waals surface area contributed by atoms with Crippen molar-refractivity contribution in [1.29, 1.82) is 0 Å². The van der Waals surface area contributed by atoms with E-state index in [9.17, 15) is 4.79 Å². The van der Waals surface area contributed by atoms with E-state index in [-0.39, 0.29) is 5.91 Å². The smallest absolute Gasteiger partial charge is 0.237 e. The molecule has 0 saturated heterocycles. The van der Waals surface area contributed by atoms with Crippen LogP contribution in [-0.2, 0) is 4.79 Å². The summed E-state index contributed by atoms with van der Waals surface area (Å²) in [5, 5.41) is 0. The molecule has 2 rings (SSSR count). The zero-order chi connectivity index (χ0) is 13.0. The molecule has 0 aromatic carbocycles. The maximum atomic E-state index is 12.3. The SMILES string of the molecule is CN(C)C(=O)C(c1ccccn1)c1ccccn1. The van der Waals surface area contributed by atoms with Gasteiger partial charge < -0.3 is 4.90 Å². The molecule has 18 heavy (non-hydrogen) atoms. The van der Waals surface area contributed by atoms with E-state index in [0.717, 1.165) is 11.4 Å². The lowest BCUT2D eigenvalue weighted by atomic mass is 9.98. The van der Waals surface area contributed by atoms with Crippen molar-refractivity contribution >= 4 is 5.91 Å². The van der Waals surface area contributed by atoms with Gasteiger partial charge >= 0.3 is 0 Å². The van der Waals surface area contributed by atoms with Crippen LogP contribution in [0.5, 0.6) is 0 Å². The normalized spacial score (nSPS) is 10.4. The summed E-state index contributed by atoms with van der Waals surface area (Å²) >= 11 is 0. The van der Waals surface area contributed by atoms with Crippen molar-refractivity contribution in [3.63, 3.8) is 0 Å². The number of rotatable bonds is 3. The highest BCUT2D eigenvalue weighted by atomic mass is 16.2. The highest BCUT2D eigenvalue weighted by molar-refractivity contribution is 5.85. The number of nitrogens with zero attached hydrogens (tertiary/aromatic N) is 3. The first-order chi connectivity index (χ1) is 8.70. The van der Waals surface area contributed by atoms with Crippen molar-refractivity contribution in [3.05, 3.63) is 60.2 Å². The Morgan fingerprint density at radius 1 is 1.00 bits per heavy atom. The predicted molar refractivity (Wildman–Crippen MR) is 69.0 cm³/mol. The molecule has 0 aliphatic rings. The van der Waals surface area contributed by atoms with E-state index >= 15 is 0 Å². The Kier molecular flexibility index (Phi) is 3.67. The first-order valence-corrected chi connectivity index (χ1v) is 5.73. The molecule has 0 spiro atoms. The molecule has 0 saturated carbocycles. The Bertz CT molecular complexity index is 472. The van der Waals surface area contributed by atoms with Gasteiger partial charge in [0.05, 0.1) is 11.4 Å². The van der Waals surface area contributed by atoms with Gasteiger partial charge in [-0.2, -0.15) is 0 Å². The lowest BCUT2D eigenvalue weighted by Crippen LogP contribution is -2.29. The lowest BCUT2D eigenvalue weighted by molar-refractivity contribution is -0.129. The summed E-state index contributed by atoms with van der Waals surface area (Å²) in [7, 11) is 3.47. The molecule has 0 aliphatic carbocycles. The molecule has 0 fully saturated rings. The van der Waals surface area contributed by atoms with Crippen LogP contribution in [0.4, 0.5) is 0 Å². The second-order valence-corrected chi connectivity index (χ2v) is 4.17. The van der Waals surface area contributed by atoms with E-state index in [1.54, 1.807) is 31.4 Å². The number of pyridine rings is 2. The molecule has 0 atom stereocenters. The van der Waals surface area contributed by atoms with Gasteiger partial charge in [-0.25, -0.2) is 0 Å². The van der Waals surface area contributed by atoms with Crippen LogP contribution in [0.25, 0.3) is 0 Å². The molecule has 92 valence electrons.